The highest BCUT2D eigenvalue weighted by Crippen LogP contribution is 2.29. The number of nitrogens with zero attached hydrogens (tertiary/aromatic N) is 1. The van der Waals surface area contributed by atoms with Gasteiger partial charge in [0.2, 0.25) is 0 Å². The van der Waals surface area contributed by atoms with E-state index in [0.29, 0.717) is 0 Å². The zero-order valence-corrected chi connectivity index (χ0v) is 5.90. The number of aliphatic imine (C=N–C) groups is 1. The van der Waals surface area contributed by atoms with Gasteiger partial charge in [-0.15, -0.1) is 0 Å². The Hall–Kier alpha value is -1.44. The summed E-state index contributed by atoms with van der Waals surface area (Å²) in [7, 11) is 0. The molecule has 0 bridgehead atoms. The van der Waals surface area contributed by atoms with E-state index < -0.39 is 0 Å². The van der Waals surface area contributed by atoms with Crippen molar-refractivity contribution in [3.05, 3.63) is 29.8 Å². The van der Waals surface area contributed by atoms with Crippen molar-refractivity contribution in [2.75, 3.05) is 0 Å². The van der Waals surface area contributed by atoms with Gasteiger partial charge in [-0.3, -0.25) is 4.99 Å². The standard InChI is InChI=1S/C9H7NO/c11-6-7-5-10-9-4-2-1-3-8(7)9/h1-7H/t7-/m0/s1. The van der Waals surface area contributed by atoms with Crippen LogP contribution < -0.4 is 0 Å². The maximum absolute atomic E-state index is 10.5. The monoisotopic (exact) mass is 145 g/mol. The fourth-order valence-corrected chi connectivity index (χ4v) is 1.24. The SMILES string of the molecule is O=C[C@@H]1C=Nc2ccccc21. The van der Waals surface area contributed by atoms with Crippen molar-refractivity contribution in [3.63, 3.8) is 0 Å². The molecule has 1 aliphatic heterocycles. The average molecular weight is 145 g/mol. The zero-order valence-electron chi connectivity index (χ0n) is 5.90. The van der Waals surface area contributed by atoms with Gasteiger partial charge in [-0.2, -0.15) is 0 Å². The minimum Gasteiger partial charge on any atom is -0.302 e. The number of hydrogen-bond donors (Lipinski definition) is 0. The fourth-order valence-electron chi connectivity index (χ4n) is 1.24. The molecule has 0 saturated carbocycles. The van der Waals surface area contributed by atoms with E-state index in [1.165, 1.54) is 0 Å². The molecule has 0 spiro atoms. The first kappa shape index (κ1) is 6.28. The molecule has 0 fully saturated rings. The van der Waals surface area contributed by atoms with Crippen LogP contribution in [0.3, 0.4) is 0 Å². The third kappa shape index (κ3) is 0.871. The second kappa shape index (κ2) is 2.31. The molecule has 11 heavy (non-hydrogen) atoms. The Morgan fingerprint density at radius 3 is 3.00 bits per heavy atom. The van der Waals surface area contributed by atoms with Gasteiger partial charge >= 0.3 is 0 Å². The topological polar surface area (TPSA) is 29.4 Å². The lowest BCUT2D eigenvalue weighted by Crippen LogP contribution is -1.95. The molecule has 1 atom stereocenters. The predicted octanol–water partition coefficient (Wildman–Crippen LogP) is 1.68. The second-order valence-electron chi connectivity index (χ2n) is 2.50. The second-order valence-corrected chi connectivity index (χ2v) is 2.50. The lowest BCUT2D eigenvalue weighted by atomic mass is 10.0. The lowest BCUT2D eigenvalue weighted by molar-refractivity contribution is -0.107. The van der Waals surface area contributed by atoms with Gasteiger partial charge in [-0.25, -0.2) is 0 Å². The van der Waals surface area contributed by atoms with E-state index in [1.54, 1.807) is 6.21 Å². The molecule has 1 aliphatic rings. The molecule has 1 aromatic rings. The Morgan fingerprint density at radius 1 is 1.36 bits per heavy atom. The van der Waals surface area contributed by atoms with Gasteiger partial charge < -0.3 is 4.79 Å². The van der Waals surface area contributed by atoms with Gasteiger partial charge in [0, 0.05) is 6.21 Å². The van der Waals surface area contributed by atoms with E-state index in [4.69, 9.17) is 0 Å². The maximum Gasteiger partial charge on any atom is 0.132 e. The molecule has 1 heterocycles. The summed E-state index contributed by atoms with van der Waals surface area (Å²) >= 11 is 0. The Kier molecular flexibility index (Phi) is 1.32. The van der Waals surface area contributed by atoms with Crippen LogP contribution in [-0.2, 0) is 4.79 Å². The number of carbonyl (C=O) groups excluding carboxylic acids is 1. The van der Waals surface area contributed by atoms with Gasteiger partial charge in [-0.1, -0.05) is 18.2 Å². The van der Waals surface area contributed by atoms with Crippen molar-refractivity contribution in [1.29, 1.82) is 0 Å². The van der Waals surface area contributed by atoms with Crippen LogP contribution in [0.25, 0.3) is 0 Å². The fraction of sp³-hybridized carbons (Fsp3) is 0.111. The summed E-state index contributed by atoms with van der Waals surface area (Å²) < 4.78 is 0. The Balaban J connectivity index is 2.53. The summed E-state index contributed by atoms with van der Waals surface area (Å²) in [5.74, 6) is -0.119. The van der Waals surface area contributed by atoms with Crippen molar-refractivity contribution in [2.45, 2.75) is 5.92 Å². The van der Waals surface area contributed by atoms with Crippen LogP contribution in [0.5, 0.6) is 0 Å². The number of benzene rings is 1. The first-order valence-electron chi connectivity index (χ1n) is 3.50. The third-order valence-corrected chi connectivity index (χ3v) is 1.82. The van der Waals surface area contributed by atoms with Gasteiger partial charge in [0.1, 0.15) is 6.29 Å². The lowest BCUT2D eigenvalue weighted by Gasteiger charge is -1.98. The van der Waals surface area contributed by atoms with Crippen LogP contribution in [0, 0.1) is 0 Å². The molecule has 54 valence electrons. The van der Waals surface area contributed by atoms with E-state index in [2.05, 4.69) is 4.99 Å². The molecular weight excluding hydrogens is 138 g/mol. The number of para-hydroxylation sites is 1. The highest BCUT2D eigenvalue weighted by molar-refractivity contribution is 5.94. The van der Waals surface area contributed by atoms with Crippen molar-refractivity contribution < 1.29 is 4.79 Å². The molecule has 1 aromatic carbocycles. The van der Waals surface area contributed by atoms with Crippen molar-refractivity contribution in [2.24, 2.45) is 4.99 Å². The number of fused-ring (bicyclic) bond motifs is 1. The molecular formula is C9H7NO. The summed E-state index contributed by atoms with van der Waals surface area (Å²) in [6, 6.07) is 7.68. The molecule has 0 N–H and O–H groups in total. The molecule has 2 heteroatoms. The summed E-state index contributed by atoms with van der Waals surface area (Å²) in [5, 5.41) is 0. The van der Waals surface area contributed by atoms with E-state index in [9.17, 15) is 4.79 Å². The van der Waals surface area contributed by atoms with Crippen LogP contribution in [0.15, 0.2) is 29.3 Å². The van der Waals surface area contributed by atoms with E-state index in [-0.39, 0.29) is 5.92 Å². The summed E-state index contributed by atoms with van der Waals surface area (Å²) in [6.07, 6.45) is 2.59. The quantitative estimate of drug-likeness (QED) is 0.553. The summed E-state index contributed by atoms with van der Waals surface area (Å²) in [4.78, 5) is 14.6. The molecule has 0 amide bonds. The van der Waals surface area contributed by atoms with Crippen molar-refractivity contribution in [1.82, 2.24) is 0 Å². The third-order valence-electron chi connectivity index (χ3n) is 1.82. The highest BCUT2D eigenvalue weighted by atomic mass is 16.1. The number of aldehydes is 1. The molecule has 0 saturated heterocycles. The Morgan fingerprint density at radius 2 is 2.18 bits per heavy atom. The minimum absolute atomic E-state index is 0.119. The van der Waals surface area contributed by atoms with E-state index in [1.807, 2.05) is 24.3 Å². The van der Waals surface area contributed by atoms with Crippen LogP contribution in [-0.4, -0.2) is 12.5 Å². The van der Waals surface area contributed by atoms with Gasteiger partial charge in [-0.05, 0) is 11.6 Å². The largest absolute Gasteiger partial charge is 0.302 e. The van der Waals surface area contributed by atoms with Crippen LogP contribution in [0.2, 0.25) is 0 Å². The van der Waals surface area contributed by atoms with Crippen molar-refractivity contribution >= 4 is 18.2 Å². The number of hydrogen-bond acceptors (Lipinski definition) is 2. The average Bonchev–Trinajstić information content (AvgIpc) is 2.47. The minimum atomic E-state index is -0.119. The van der Waals surface area contributed by atoms with Crippen molar-refractivity contribution in [3.8, 4) is 0 Å². The predicted molar refractivity (Wildman–Crippen MR) is 43.4 cm³/mol. The number of carbonyl (C=O) groups is 1. The van der Waals surface area contributed by atoms with Crippen LogP contribution in [0.4, 0.5) is 5.69 Å². The maximum atomic E-state index is 10.5. The Bertz CT molecular complexity index is 317. The summed E-state index contributed by atoms with van der Waals surface area (Å²) in [5.41, 5.74) is 1.94. The molecule has 0 aliphatic carbocycles. The highest BCUT2D eigenvalue weighted by Gasteiger charge is 2.16. The van der Waals surface area contributed by atoms with Gasteiger partial charge in [0.15, 0.2) is 0 Å². The normalized spacial score (nSPS) is 19.8. The molecule has 0 radical (unpaired) electrons. The first-order chi connectivity index (χ1) is 5.42. The van der Waals surface area contributed by atoms with Crippen LogP contribution in [0.1, 0.15) is 11.5 Å². The molecule has 0 aromatic heterocycles. The first-order valence-corrected chi connectivity index (χ1v) is 3.50. The van der Waals surface area contributed by atoms with Gasteiger partial charge in [0.05, 0.1) is 11.6 Å². The van der Waals surface area contributed by atoms with E-state index >= 15 is 0 Å². The Labute approximate surface area is 64.6 Å². The van der Waals surface area contributed by atoms with E-state index in [0.717, 1.165) is 17.5 Å². The number of rotatable bonds is 1. The van der Waals surface area contributed by atoms with Gasteiger partial charge in [0.25, 0.3) is 0 Å². The zero-order chi connectivity index (χ0) is 7.68. The summed E-state index contributed by atoms with van der Waals surface area (Å²) in [6.45, 7) is 0. The molecule has 0 unspecified atom stereocenters. The molecule has 2 rings (SSSR count). The van der Waals surface area contributed by atoms with Crippen LogP contribution >= 0.6 is 0 Å². The smallest absolute Gasteiger partial charge is 0.132 e. The molecule has 2 nitrogen and oxygen atoms in total.